The van der Waals surface area contributed by atoms with Gasteiger partial charge in [0.25, 0.3) is 0 Å². The largest absolute Gasteiger partial charge is 0.481 e. The number of hydrogen-bond acceptors (Lipinski definition) is 8. The molecule has 0 fully saturated rings. The van der Waals surface area contributed by atoms with Crippen molar-refractivity contribution in [2.45, 2.75) is 71.2 Å². The Hall–Kier alpha value is -4.39. The molecule has 47 heavy (non-hydrogen) atoms. The van der Waals surface area contributed by atoms with Crippen molar-refractivity contribution in [3.63, 3.8) is 0 Å². The standard InChI is InChI=1S/C35H46N4O7S/c1-7-24(3)39(6)30-13-8-9-14-31(30)47(44,45)38-20-28-18-26(16-15-23(28)2)32(35(4,5)34(42)43)46-22-29(36)21-37-19-25-11-10-12-27(17-25)33(40)41/h8-18,21,24,32,37-38H,7,19-20,22,36H2,1-6H3,(H,40,41)(H,42,43)/b29-21-/t24-,32?/m0/s1. The summed E-state index contributed by atoms with van der Waals surface area (Å²) in [6, 6.07) is 18.8. The number of nitrogens with two attached hydrogens (primary N) is 1. The smallest absolute Gasteiger partial charge is 0.335 e. The van der Waals surface area contributed by atoms with Crippen LogP contribution in [0.1, 0.15) is 72.8 Å². The molecule has 0 saturated carbocycles. The third-order valence-electron chi connectivity index (χ3n) is 8.31. The fourth-order valence-electron chi connectivity index (χ4n) is 4.95. The van der Waals surface area contributed by atoms with Gasteiger partial charge in [-0.25, -0.2) is 17.9 Å². The third kappa shape index (κ3) is 9.57. The van der Waals surface area contributed by atoms with Gasteiger partial charge in [0.1, 0.15) is 4.90 Å². The first-order valence-electron chi connectivity index (χ1n) is 15.3. The summed E-state index contributed by atoms with van der Waals surface area (Å²) < 4.78 is 35.9. The van der Waals surface area contributed by atoms with E-state index in [2.05, 4.69) is 10.0 Å². The van der Waals surface area contributed by atoms with Crippen LogP contribution in [0.3, 0.4) is 0 Å². The summed E-state index contributed by atoms with van der Waals surface area (Å²) in [5.74, 6) is -2.10. The molecular weight excluding hydrogens is 620 g/mol. The Morgan fingerprint density at radius 2 is 1.74 bits per heavy atom. The Balaban J connectivity index is 1.80. The number of carboxylic acid groups (broad SMARTS) is 2. The number of carboxylic acids is 2. The molecule has 6 N–H and O–H groups in total. The van der Waals surface area contributed by atoms with Gasteiger partial charge >= 0.3 is 11.9 Å². The van der Waals surface area contributed by atoms with Gasteiger partial charge in [0.05, 0.1) is 35.1 Å². The number of aromatic carboxylic acids is 1. The zero-order valence-electron chi connectivity index (χ0n) is 27.8. The van der Waals surface area contributed by atoms with Crippen LogP contribution in [0.5, 0.6) is 0 Å². The summed E-state index contributed by atoms with van der Waals surface area (Å²) in [4.78, 5) is 25.7. The number of rotatable bonds is 17. The van der Waals surface area contributed by atoms with Crippen molar-refractivity contribution in [3.8, 4) is 0 Å². The van der Waals surface area contributed by atoms with E-state index in [1.807, 2.05) is 44.9 Å². The molecule has 0 aliphatic heterocycles. The highest BCUT2D eigenvalue weighted by Gasteiger charge is 2.39. The van der Waals surface area contributed by atoms with E-state index in [-0.39, 0.29) is 29.7 Å². The predicted octanol–water partition coefficient (Wildman–Crippen LogP) is 5.16. The zero-order chi connectivity index (χ0) is 34.9. The van der Waals surface area contributed by atoms with Crippen molar-refractivity contribution in [1.29, 1.82) is 0 Å². The Morgan fingerprint density at radius 1 is 1.04 bits per heavy atom. The maximum Gasteiger partial charge on any atom is 0.335 e. The highest BCUT2D eigenvalue weighted by atomic mass is 32.2. The average molecular weight is 667 g/mol. The monoisotopic (exact) mass is 666 g/mol. The molecule has 0 spiro atoms. The molecule has 11 nitrogen and oxygen atoms in total. The first-order valence-corrected chi connectivity index (χ1v) is 16.8. The minimum atomic E-state index is -3.90. The van der Waals surface area contributed by atoms with Crippen LogP contribution >= 0.6 is 0 Å². The third-order valence-corrected chi connectivity index (χ3v) is 9.75. The molecule has 0 amide bonds. The van der Waals surface area contributed by atoms with Crippen LogP contribution in [0, 0.1) is 12.3 Å². The lowest BCUT2D eigenvalue weighted by Gasteiger charge is -2.31. The molecule has 0 heterocycles. The second-order valence-electron chi connectivity index (χ2n) is 12.2. The number of hydrogen-bond donors (Lipinski definition) is 5. The van der Waals surface area contributed by atoms with Crippen LogP contribution in [0.25, 0.3) is 0 Å². The highest BCUT2D eigenvalue weighted by Crippen LogP contribution is 2.38. The van der Waals surface area contributed by atoms with Crippen molar-refractivity contribution in [3.05, 3.63) is 106 Å². The van der Waals surface area contributed by atoms with Crippen LogP contribution in [0.15, 0.2) is 83.5 Å². The highest BCUT2D eigenvalue weighted by molar-refractivity contribution is 7.89. The maximum atomic E-state index is 13.5. The summed E-state index contributed by atoms with van der Waals surface area (Å²) in [7, 11) is -2.03. The number of sulfonamides is 1. The van der Waals surface area contributed by atoms with Crippen molar-refractivity contribution >= 4 is 27.6 Å². The minimum absolute atomic E-state index is 0.0152. The van der Waals surface area contributed by atoms with Crippen molar-refractivity contribution in [2.24, 2.45) is 11.1 Å². The van der Waals surface area contributed by atoms with Crippen LogP contribution in [-0.4, -0.2) is 50.3 Å². The minimum Gasteiger partial charge on any atom is -0.481 e. The van der Waals surface area contributed by atoms with Gasteiger partial charge < -0.3 is 30.9 Å². The van der Waals surface area contributed by atoms with Gasteiger partial charge in [0.2, 0.25) is 10.0 Å². The van der Waals surface area contributed by atoms with Gasteiger partial charge in [-0.1, -0.05) is 49.4 Å². The lowest BCUT2D eigenvalue weighted by Crippen LogP contribution is -2.34. The number of anilines is 1. The number of benzene rings is 3. The van der Waals surface area contributed by atoms with E-state index in [0.717, 1.165) is 17.5 Å². The molecule has 3 aromatic rings. The summed E-state index contributed by atoms with van der Waals surface area (Å²) in [5, 5.41) is 22.3. The van der Waals surface area contributed by atoms with Crippen molar-refractivity contribution in [2.75, 3.05) is 18.6 Å². The first-order chi connectivity index (χ1) is 22.1. The Bertz CT molecular complexity index is 1710. The first kappa shape index (κ1) is 37.1. The molecule has 3 aromatic carbocycles. The van der Waals surface area contributed by atoms with Gasteiger partial charge in [0.15, 0.2) is 0 Å². The number of carbonyl (C=O) groups is 2. The van der Waals surface area contributed by atoms with E-state index in [1.54, 1.807) is 62.4 Å². The summed E-state index contributed by atoms with van der Waals surface area (Å²) >= 11 is 0. The molecule has 0 aliphatic carbocycles. The average Bonchev–Trinajstić information content (AvgIpc) is 3.04. The van der Waals surface area contributed by atoms with E-state index in [4.69, 9.17) is 10.5 Å². The summed E-state index contributed by atoms with van der Waals surface area (Å²) in [6.07, 6.45) is 1.45. The second kappa shape index (κ2) is 15.9. The van der Waals surface area contributed by atoms with Crippen LogP contribution < -0.4 is 20.7 Å². The maximum absolute atomic E-state index is 13.5. The van der Waals surface area contributed by atoms with Gasteiger partial charge in [-0.3, -0.25) is 4.79 Å². The van der Waals surface area contributed by atoms with Crippen molar-refractivity contribution in [1.82, 2.24) is 10.0 Å². The molecule has 254 valence electrons. The molecule has 2 atom stereocenters. The topological polar surface area (TPSA) is 171 Å². The van der Waals surface area contributed by atoms with Crippen molar-refractivity contribution < 1.29 is 33.0 Å². The molecule has 0 radical (unpaired) electrons. The van der Waals surface area contributed by atoms with Crippen LogP contribution in [0.2, 0.25) is 0 Å². The lowest BCUT2D eigenvalue weighted by molar-refractivity contribution is -0.156. The van der Waals surface area contributed by atoms with E-state index < -0.39 is 33.5 Å². The Kier molecular flexibility index (Phi) is 12.6. The molecular formula is C35H46N4O7S. The molecule has 0 aromatic heterocycles. The zero-order valence-corrected chi connectivity index (χ0v) is 28.6. The lowest BCUT2D eigenvalue weighted by atomic mass is 9.81. The molecule has 0 saturated heterocycles. The van der Waals surface area contributed by atoms with Crippen LogP contribution in [0.4, 0.5) is 5.69 Å². The van der Waals surface area contributed by atoms with Gasteiger partial charge in [-0.15, -0.1) is 0 Å². The number of para-hydroxylation sites is 1. The Labute approximate surface area is 277 Å². The molecule has 0 aliphatic rings. The molecule has 12 heteroatoms. The van der Waals surface area contributed by atoms with E-state index in [9.17, 15) is 28.2 Å². The number of ether oxygens (including phenoxy) is 1. The van der Waals surface area contributed by atoms with E-state index in [0.29, 0.717) is 29.1 Å². The SMILES string of the molecule is CC[C@H](C)N(C)c1ccccc1S(=O)(=O)NCc1cc(C(OC/C(N)=C/NCc2cccc(C(=O)O)c2)C(C)(C)C(=O)O)ccc1C. The number of nitrogens with zero attached hydrogens (tertiary/aromatic N) is 1. The second-order valence-corrected chi connectivity index (χ2v) is 13.9. The van der Waals surface area contributed by atoms with E-state index >= 15 is 0 Å². The quantitative estimate of drug-likeness (QED) is 0.130. The molecule has 0 bridgehead atoms. The molecule has 1 unspecified atom stereocenters. The number of aliphatic carboxylic acids is 1. The van der Waals surface area contributed by atoms with Crippen LogP contribution in [-0.2, 0) is 32.6 Å². The fraction of sp³-hybridized carbons (Fsp3) is 0.371. The number of nitrogens with one attached hydrogen (secondary N) is 2. The number of aryl methyl sites for hydroxylation is 1. The normalized spacial score (nSPS) is 13.5. The van der Waals surface area contributed by atoms with Gasteiger partial charge in [0, 0.05) is 32.4 Å². The Morgan fingerprint density at radius 3 is 2.40 bits per heavy atom. The predicted molar refractivity (Wildman–Crippen MR) is 182 cm³/mol. The molecule has 3 rings (SSSR count). The van der Waals surface area contributed by atoms with Gasteiger partial charge in [-0.05, 0) is 80.6 Å². The summed E-state index contributed by atoms with van der Waals surface area (Å²) in [6.45, 7) is 9.25. The van der Waals surface area contributed by atoms with Gasteiger partial charge in [-0.2, -0.15) is 0 Å². The summed E-state index contributed by atoms with van der Waals surface area (Å²) in [5.41, 5.74) is 8.68. The van der Waals surface area contributed by atoms with E-state index in [1.165, 1.54) is 12.3 Å². The fourth-order valence-corrected chi connectivity index (χ4v) is 6.20.